The van der Waals surface area contributed by atoms with E-state index in [1.54, 1.807) is 30.4 Å². The highest BCUT2D eigenvalue weighted by Gasteiger charge is 2.04. The van der Waals surface area contributed by atoms with E-state index in [1.165, 1.54) is 10.7 Å². The average molecular weight is 250 g/mol. The number of hydrogen-bond acceptors (Lipinski definition) is 5. The normalized spacial score (nSPS) is 10.8. The molecule has 7 nitrogen and oxygen atoms in total. The van der Waals surface area contributed by atoms with Gasteiger partial charge in [0, 0.05) is 19.4 Å². The molecule has 0 fully saturated rings. The number of aliphatic hydroxyl groups is 1. The van der Waals surface area contributed by atoms with Crippen molar-refractivity contribution >= 4 is 0 Å². The van der Waals surface area contributed by atoms with Crippen molar-refractivity contribution in [3.05, 3.63) is 40.6 Å². The Morgan fingerprint density at radius 2 is 2.33 bits per heavy atom. The van der Waals surface area contributed by atoms with Crippen molar-refractivity contribution in [2.24, 2.45) is 0 Å². The van der Waals surface area contributed by atoms with Gasteiger partial charge in [-0.25, -0.2) is 4.68 Å². The molecule has 18 heavy (non-hydrogen) atoms. The molecular weight excluding hydrogens is 236 g/mol. The minimum Gasteiger partial charge on any atom is -0.390 e. The fraction of sp³-hybridized carbons (Fsp3) is 0.364. The van der Waals surface area contributed by atoms with Gasteiger partial charge in [0.25, 0.3) is 0 Å². The molecule has 0 aliphatic carbocycles. The maximum Gasteiger partial charge on any atom is 0.205 e. The van der Waals surface area contributed by atoms with E-state index in [2.05, 4.69) is 10.2 Å². The first kappa shape index (κ1) is 12.5. The van der Waals surface area contributed by atoms with Crippen molar-refractivity contribution in [2.75, 3.05) is 13.7 Å². The van der Waals surface area contributed by atoms with Crippen LogP contribution in [-0.2, 0) is 17.9 Å². The van der Waals surface area contributed by atoms with Gasteiger partial charge >= 0.3 is 0 Å². The van der Waals surface area contributed by atoms with Crippen LogP contribution in [0.15, 0.2) is 29.5 Å². The minimum absolute atomic E-state index is 0.113. The molecule has 0 aromatic carbocycles. The van der Waals surface area contributed by atoms with Crippen LogP contribution >= 0.6 is 0 Å². The molecule has 0 amide bonds. The van der Waals surface area contributed by atoms with Gasteiger partial charge in [0.15, 0.2) is 0 Å². The second-order valence-electron chi connectivity index (χ2n) is 3.68. The van der Waals surface area contributed by atoms with Crippen molar-refractivity contribution in [1.29, 1.82) is 0 Å². The highest BCUT2D eigenvalue weighted by Crippen LogP contribution is 2.03. The van der Waals surface area contributed by atoms with Crippen molar-refractivity contribution < 1.29 is 9.84 Å². The molecule has 0 aliphatic rings. The summed E-state index contributed by atoms with van der Waals surface area (Å²) in [4.78, 5) is 11.3. The quantitative estimate of drug-likeness (QED) is 0.778. The number of aromatic nitrogens is 4. The van der Waals surface area contributed by atoms with Crippen LogP contribution in [0.1, 0.15) is 5.69 Å². The van der Waals surface area contributed by atoms with Crippen LogP contribution in [0.25, 0.3) is 5.69 Å². The van der Waals surface area contributed by atoms with Crippen molar-refractivity contribution in [3.8, 4) is 5.69 Å². The van der Waals surface area contributed by atoms with Gasteiger partial charge in [-0.1, -0.05) is 0 Å². The number of hydrogen-bond donors (Lipinski definition) is 1. The summed E-state index contributed by atoms with van der Waals surface area (Å²) in [6.45, 7) is 0.835. The molecule has 2 aromatic heterocycles. The molecule has 1 N–H and O–H groups in total. The van der Waals surface area contributed by atoms with E-state index in [4.69, 9.17) is 9.84 Å². The summed E-state index contributed by atoms with van der Waals surface area (Å²) in [5.74, 6) is 0. The minimum atomic E-state index is -0.377. The van der Waals surface area contributed by atoms with Crippen LogP contribution in [0.4, 0.5) is 0 Å². The first-order valence-corrected chi connectivity index (χ1v) is 5.46. The maximum atomic E-state index is 11.3. The largest absolute Gasteiger partial charge is 0.390 e. The van der Waals surface area contributed by atoms with E-state index in [-0.39, 0.29) is 17.7 Å². The molecule has 0 saturated carbocycles. The zero-order valence-electron chi connectivity index (χ0n) is 9.98. The van der Waals surface area contributed by atoms with Crippen LogP contribution in [0.5, 0.6) is 0 Å². The lowest BCUT2D eigenvalue weighted by Crippen LogP contribution is -2.15. The zero-order valence-corrected chi connectivity index (χ0v) is 9.98. The Hall–Kier alpha value is -1.99. The fourth-order valence-corrected chi connectivity index (χ4v) is 1.48. The Morgan fingerprint density at radius 1 is 1.50 bits per heavy atom. The molecule has 0 unspecified atom stereocenters. The highest BCUT2D eigenvalue weighted by atomic mass is 16.5. The number of aliphatic hydroxyl groups excluding tert-OH is 1. The van der Waals surface area contributed by atoms with Crippen molar-refractivity contribution in [1.82, 2.24) is 19.6 Å². The van der Waals surface area contributed by atoms with Crippen LogP contribution in [-0.4, -0.2) is 38.4 Å². The molecule has 2 rings (SSSR count). The second-order valence-corrected chi connectivity index (χ2v) is 3.68. The van der Waals surface area contributed by atoms with Gasteiger partial charge in [0.2, 0.25) is 5.43 Å². The van der Waals surface area contributed by atoms with Gasteiger partial charge in [-0.3, -0.25) is 9.48 Å². The molecule has 2 aromatic rings. The Bertz CT molecular complexity index is 576. The van der Waals surface area contributed by atoms with E-state index in [1.807, 2.05) is 0 Å². The van der Waals surface area contributed by atoms with E-state index in [0.29, 0.717) is 13.2 Å². The van der Waals surface area contributed by atoms with Gasteiger partial charge in [0.1, 0.15) is 11.4 Å². The Balaban J connectivity index is 2.25. The van der Waals surface area contributed by atoms with Crippen LogP contribution in [0.3, 0.4) is 0 Å². The average Bonchev–Trinajstić information content (AvgIpc) is 2.85. The van der Waals surface area contributed by atoms with Gasteiger partial charge in [0.05, 0.1) is 32.2 Å². The molecule has 0 aliphatic heterocycles. The maximum absolute atomic E-state index is 11.3. The van der Waals surface area contributed by atoms with Crippen molar-refractivity contribution in [3.63, 3.8) is 0 Å². The Labute approximate surface area is 103 Å². The molecular formula is C11H14N4O3. The monoisotopic (exact) mass is 250 g/mol. The van der Waals surface area contributed by atoms with Crippen LogP contribution in [0.2, 0.25) is 0 Å². The Morgan fingerprint density at radius 3 is 3.06 bits per heavy atom. The third-order valence-corrected chi connectivity index (χ3v) is 2.44. The summed E-state index contributed by atoms with van der Waals surface area (Å²) in [6, 6.07) is 1.37. The van der Waals surface area contributed by atoms with Gasteiger partial charge in [-0.15, -0.1) is 0 Å². The van der Waals surface area contributed by atoms with E-state index in [0.717, 1.165) is 5.69 Å². The first-order valence-electron chi connectivity index (χ1n) is 5.46. The third-order valence-electron chi connectivity index (χ3n) is 2.44. The third kappa shape index (κ3) is 2.63. The van der Waals surface area contributed by atoms with E-state index < -0.39 is 0 Å². The zero-order chi connectivity index (χ0) is 13.0. The fourth-order valence-electron chi connectivity index (χ4n) is 1.48. The lowest BCUT2D eigenvalue weighted by Gasteiger charge is -2.03. The molecule has 0 atom stereocenters. The lowest BCUT2D eigenvalue weighted by molar-refractivity contribution is 0.183. The number of nitrogens with zero attached hydrogens (tertiary/aromatic N) is 4. The predicted molar refractivity (Wildman–Crippen MR) is 63.4 cm³/mol. The lowest BCUT2D eigenvalue weighted by atomic mass is 10.4. The SMILES string of the molecule is COCCn1cc(-n2ccc(=O)c(CO)n2)cn1. The summed E-state index contributed by atoms with van der Waals surface area (Å²) in [6.07, 6.45) is 4.96. The molecule has 96 valence electrons. The molecule has 0 saturated heterocycles. The number of ether oxygens (including phenoxy) is 1. The van der Waals surface area contributed by atoms with E-state index in [9.17, 15) is 4.79 Å². The molecule has 0 bridgehead atoms. The van der Waals surface area contributed by atoms with Crippen molar-refractivity contribution in [2.45, 2.75) is 13.2 Å². The molecule has 0 spiro atoms. The van der Waals surface area contributed by atoms with E-state index >= 15 is 0 Å². The number of rotatable bonds is 5. The second kappa shape index (κ2) is 5.56. The first-order chi connectivity index (χ1) is 8.74. The topological polar surface area (TPSA) is 82.2 Å². The van der Waals surface area contributed by atoms with Crippen LogP contribution < -0.4 is 5.43 Å². The Kier molecular flexibility index (Phi) is 3.85. The summed E-state index contributed by atoms with van der Waals surface area (Å²) in [5, 5.41) is 17.2. The molecule has 2 heterocycles. The predicted octanol–water partition coefficient (Wildman–Crippen LogP) is -0.432. The number of methoxy groups -OCH3 is 1. The molecule has 0 radical (unpaired) electrons. The van der Waals surface area contributed by atoms with Gasteiger partial charge < -0.3 is 9.84 Å². The molecule has 7 heteroatoms. The standard InChI is InChI=1S/C11H14N4O3/c1-18-5-4-14-7-9(6-12-14)15-3-2-11(17)10(8-16)13-15/h2-3,6-7,16H,4-5,8H2,1H3. The summed E-state index contributed by atoms with van der Waals surface area (Å²) < 4.78 is 8.18. The summed E-state index contributed by atoms with van der Waals surface area (Å²) >= 11 is 0. The summed E-state index contributed by atoms with van der Waals surface area (Å²) in [7, 11) is 1.63. The smallest absolute Gasteiger partial charge is 0.205 e. The highest BCUT2D eigenvalue weighted by molar-refractivity contribution is 5.24. The van der Waals surface area contributed by atoms with Crippen LogP contribution in [0, 0.1) is 0 Å². The van der Waals surface area contributed by atoms with Gasteiger partial charge in [-0.2, -0.15) is 10.2 Å². The van der Waals surface area contributed by atoms with Gasteiger partial charge in [-0.05, 0) is 0 Å². The summed E-state index contributed by atoms with van der Waals surface area (Å²) in [5.41, 5.74) is 0.559.